The Morgan fingerprint density at radius 3 is 2.78 bits per heavy atom. The molecule has 1 aliphatic carbocycles. The van der Waals surface area contributed by atoms with Gasteiger partial charge in [0.15, 0.2) is 0 Å². The molecule has 0 saturated heterocycles. The minimum Gasteiger partial charge on any atom is -0.333 e. The van der Waals surface area contributed by atoms with Crippen molar-refractivity contribution in [2.45, 2.75) is 19.7 Å². The number of hydrogen-bond acceptors (Lipinski definition) is 1. The highest BCUT2D eigenvalue weighted by atomic mass is 16.1. The normalized spacial score (nSPS) is 16.6. The highest BCUT2D eigenvalue weighted by molar-refractivity contribution is 6.44. The van der Waals surface area contributed by atoms with Crippen molar-refractivity contribution in [3.63, 3.8) is 0 Å². The lowest BCUT2D eigenvalue weighted by atomic mass is 9.64. The first-order valence-electron chi connectivity index (χ1n) is 3.10. The fourth-order valence-corrected chi connectivity index (χ4v) is 0.949. The molecule has 3 heteroatoms. The summed E-state index contributed by atoms with van der Waals surface area (Å²) in [5.74, 6) is 0. The number of rotatable bonds is 3. The molecule has 1 N–H and O–H groups in total. The maximum absolute atomic E-state index is 9.91. The molecule has 1 amide bonds. The number of hydrogen-bond donors (Lipinski definition) is 1. The van der Waals surface area contributed by atoms with Crippen LogP contribution in [0.15, 0.2) is 11.2 Å². The van der Waals surface area contributed by atoms with Crippen molar-refractivity contribution in [1.29, 1.82) is 0 Å². The van der Waals surface area contributed by atoms with Crippen LogP contribution in [0.2, 0.25) is 6.82 Å². The second kappa shape index (κ2) is 2.71. The first kappa shape index (κ1) is 6.40. The van der Waals surface area contributed by atoms with E-state index in [0.29, 0.717) is 0 Å². The zero-order valence-electron chi connectivity index (χ0n) is 5.48. The Balaban J connectivity index is 2.47. The van der Waals surface area contributed by atoms with Crippen molar-refractivity contribution in [2.75, 3.05) is 0 Å². The Labute approximate surface area is 55.6 Å². The first-order chi connectivity index (χ1) is 4.38. The van der Waals surface area contributed by atoms with E-state index in [1.54, 1.807) is 0 Å². The minimum atomic E-state index is 0.734. The third-order valence-electron chi connectivity index (χ3n) is 1.61. The standard InChI is InChI=1S/C6H9BNO/c1-7-5-2-3-6(5)8-4-9/h4H,2-3H2,1H3,(H,8,9). The SMILES string of the molecule is C[B]C1=C(NC=O)CC1. The van der Waals surface area contributed by atoms with Crippen molar-refractivity contribution in [3.8, 4) is 0 Å². The van der Waals surface area contributed by atoms with E-state index in [1.807, 2.05) is 14.1 Å². The summed E-state index contributed by atoms with van der Waals surface area (Å²) in [7, 11) is 2.04. The van der Waals surface area contributed by atoms with Gasteiger partial charge in [0, 0.05) is 5.70 Å². The van der Waals surface area contributed by atoms with Gasteiger partial charge in [-0.2, -0.15) is 0 Å². The Morgan fingerprint density at radius 2 is 2.44 bits per heavy atom. The summed E-state index contributed by atoms with van der Waals surface area (Å²) in [5, 5.41) is 2.65. The topological polar surface area (TPSA) is 29.1 Å². The number of amides is 1. The van der Waals surface area contributed by atoms with Crippen molar-refractivity contribution in [3.05, 3.63) is 11.2 Å². The molecule has 1 rings (SSSR count). The first-order valence-corrected chi connectivity index (χ1v) is 3.10. The quantitative estimate of drug-likeness (QED) is 0.428. The van der Waals surface area contributed by atoms with Gasteiger partial charge < -0.3 is 5.32 Å². The second-order valence-corrected chi connectivity index (χ2v) is 2.05. The number of nitrogens with one attached hydrogen (secondary N) is 1. The van der Waals surface area contributed by atoms with E-state index in [-0.39, 0.29) is 0 Å². The molecule has 0 fully saturated rings. The molecule has 0 atom stereocenters. The molecular weight excluding hydrogens is 113 g/mol. The van der Waals surface area contributed by atoms with E-state index in [1.165, 1.54) is 5.47 Å². The Hall–Kier alpha value is -0.725. The average Bonchev–Trinajstić information content (AvgIpc) is 1.82. The van der Waals surface area contributed by atoms with Gasteiger partial charge >= 0.3 is 0 Å². The van der Waals surface area contributed by atoms with Crippen LogP contribution in [0, 0.1) is 0 Å². The zero-order valence-corrected chi connectivity index (χ0v) is 5.48. The lowest BCUT2D eigenvalue weighted by Gasteiger charge is -2.21. The Morgan fingerprint density at radius 1 is 1.67 bits per heavy atom. The van der Waals surface area contributed by atoms with Gasteiger partial charge in [-0.15, -0.1) is 0 Å². The summed E-state index contributed by atoms with van der Waals surface area (Å²) in [5.41, 5.74) is 2.37. The number of allylic oxidation sites excluding steroid dienone is 2. The van der Waals surface area contributed by atoms with E-state index >= 15 is 0 Å². The van der Waals surface area contributed by atoms with Crippen LogP contribution in [0.5, 0.6) is 0 Å². The van der Waals surface area contributed by atoms with Crippen molar-refractivity contribution < 1.29 is 4.79 Å². The van der Waals surface area contributed by atoms with E-state index in [0.717, 1.165) is 24.9 Å². The largest absolute Gasteiger partial charge is 0.333 e. The number of carbonyl (C=O) groups excluding carboxylic acids is 1. The molecule has 1 radical (unpaired) electrons. The summed E-state index contributed by atoms with van der Waals surface area (Å²) >= 11 is 0. The fraction of sp³-hybridized carbons (Fsp3) is 0.500. The van der Waals surface area contributed by atoms with Gasteiger partial charge in [-0.1, -0.05) is 12.3 Å². The molecule has 0 heterocycles. The molecule has 2 nitrogen and oxygen atoms in total. The Bertz CT molecular complexity index is 153. The molecule has 0 unspecified atom stereocenters. The van der Waals surface area contributed by atoms with E-state index in [4.69, 9.17) is 0 Å². The number of carbonyl (C=O) groups is 1. The van der Waals surface area contributed by atoms with Crippen LogP contribution in [-0.2, 0) is 4.79 Å². The monoisotopic (exact) mass is 122 g/mol. The predicted molar refractivity (Wildman–Crippen MR) is 37.1 cm³/mol. The van der Waals surface area contributed by atoms with Crippen molar-refractivity contribution >= 4 is 13.7 Å². The molecule has 0 aromatic rings. The molecule has 0 aromatic carbocycles. The van der Waals surface area contributed by atoms with Crippen LogP contribution in [0.3, 0.4) is 0 Å². The molecule has 0 aliphatic heterocycles. The highest BCUT2D eigenvalue weighted by Gasteiger charge is 2.13. The van der Waals surface area contributed by atoms with E-state index in [2.05, 4.69) is 5.32 Å². The van der Waals surface area contributed by atoms with Crippen molar-refractivity contribution in [1.82, 2.24) is 5.32 Å². The smallest absolute Gasteiger partial charge is 0.211 e. The molecule has 9 heavy (non-hydrogen) atoms. The third-order valence-corrected chi connectivity index (χ3v) is 1.61. The predicted octanol–water partition coefficient (Wildman–Crippen LogP) is 0.490. The van der Waals surface area contributed by atoms with Crippen LogP contribution >= 0.6 is 0 Å². The van der Waals surface area contributed by atoms with Crippen LogP contribution in [-0.4, -0.2) is 13.7 Å². The minimum absolute atomic E-state index is 0.734. The van der Waals surface area contributed by atoms with E-state index in [9.17, 15) is 4.79 Å². The van der Waals surface area contributed by atoms with Crippen LogP contribution < -0.4 is 5.32 Å². The van der Waals surface area contributed by atoms with Crippen LogP contribution in [0.25, 0.3) is 0 Å². The lowest BCUT2D eigenvalue weighted by molar-refractivity contribution is -0.109. The molecule has 0 saturated carbocycles. The second-order valence-electron chi connectivity index (χ2n) is 2.05. The van der Waals surface area contributed by atoms with Gasteiger partial charge in [-0.3, -0.25) is 4.79 Å². The zero-order chi connectivity index (χ0) is 6.69. The maximum Gasteiger partial charge on any atom is 0.211 e. The van der Waals surface area contributed by atoms with Gasteiger partial charge in [-0.25, -0.2) is 0 Å². The molecule has 47 valence electrons. The molecule has 0 spiro atoms. The molecule has 0 bridgehead atoms. The van der Waals surface area contributed by atoms with Gasteiger partial charge in [0.05, 0.1) is 0 Å². The molecule has 0 aromatic heterocycles. The van der Waals surface area contributed by atoms with Crippen LogP contribution in [0.1, 0.15) is 12.8 Å². The van der Waals surface area contributed by atoms with Crippen molar-refractivity contribution in [2.24, 2.45) is 0 Å². The van der Waals surface area contributed by atoms with Gasteiger partial charge in [0.1, 0.15) is 7.28 Å². The van der Waals surface area contributed by atoms with Gasteiger partial charge in [-0.05, 0) is 12.8 Å². The summed E-state index contributed by atoms with van der Waals surface area (Å²) in [6.07, 6.45) is 2.88. The summed E-state index contributed by atoms with van der Waals surface area (Å²) < 4.78 is 0. The summed E-state index contributed by atoms with van der Waals surface area (Å²) in [6, 6.07) is 0. The molecular formula is C6H9BNO. The third kappa shape index (κ3) is 1.15. The lowest BCUT2D eigenvalue weighted by Crippen LogP contribution is -2.21. The summed E-state index contributed by atoms with van der Waals surface area (Å²) in [4.78, 5) is 9.91. The maximum atomic E-state index is 9.91. The summed E-state index contributed by atoms with van der Waals surface area (Å²) in [6.45, 7) is 1.99. The Kier molecular flexibility index (Phi) is 1.93. The highest BCUT2D eigenvalue weighted by Crippen LogP contribution is 2.23. The fourth-order valence-electron chi connectivity index (χ4n) is 0.949. The molecule has 1 aliphatic rings. The van der Waals surface area contributed by atoms with E-state index < -0.39 is 0 Å². The van der Waals surface area contributed by atoms with Gasteiger partial charge in [0.2, 0.25) is 6.41 Å². The van der Waals surface area contributed by atoms with Gasteiger partial charge in [0.25, 0.3) is 0 Å². The average molecular weight is 122 g/mol. The van der Waals surface area contributed by atoms with Crippen LogP contribution in [0.4, 0.5) is 0 Å².